The number of nitrogens with one attached hydrogen (secondary N) is 1. The maximum absolute atomic E-state index is 12.3. The smallest absolute Gasteiger partial charge is 0.307 e. The fraction of sp³-hybridized carbons (Fsp3) is 0.579. The Morgan fingerprint density at radius 3 is 2.52 bits per heavy atom. The van der Waals surface area contributed by atoms with Gasteiger partial charge in [0.2, 0.25) is 0 Å². The number of quaternary nitrogens is 1. The number of rotatable bonds is 11. The SMILES string of the molecule is CCCCOc1ccccc1C(=O)NCCC(=O)OCC[N+](C)(C)C. The molecule has 1 aromatic carbocycles. The minimum absolute atomic E-state index is 0.155. The van der Waals surface area contributed by atoms with Crippen molar-refractivity contribution in [3.05, 3.63) is 29.8 Å². The number of esters is 1. The van der Waals surface area contributed by atoms with Crippen molar-refractivity contribution in [1.82, 2.24) is 5.32 Å². The monoisotopic (exact) mass is 351 g/mol. The van der Waals surface area contributed by atoms with Crippen molar-refractivity contribution in [2.75, 3.05) is 47.4 Å². The number of nitrogens with zero attached hydrogens (tertiary/aromatic N) is 1. The second-order valence-corrected chi connectivity index (χ2v) is 6.94. The fourth-order valence-corrected chi connectivity index (χ4v) is 1.99. The Morgan fingerprint density at radius 2 is 1.84 bits per heavy atom. The summed E-state index contributed by atoms with van der Waals surface area (Å²) in [6, 6.07) is 7.13. The molecule has 1 rings (SSSR count). The Kier molecular flexibility index (Phi) is 8.99. The van der Waals surface area contributed by atoms with Gasteiger partial charge in [-0.15, -0.1) is 0 Å². The predicted molar refractivity (Wildman–Crippen MR) is 97.7 cm³/mol. The lowest BCUT2D eigenvalue weighted by atomic mass is 10.2. The Balaban J connectivity index is 2.38. The van der Waals surface area contributed by atoms with Crippen LogP contribution in [0.3, 0.4) is 0 Å². The highest BCUT2D eigenvalue weighted by atomic mass is 16.5. The molecule has 140 valence electrons. The second-order valence-electron chi connectivity index (χ2n) is 6.94. The number of amides is 1. The van der Waals surface area contributed by atoms with Gasteiger partial charge in [0.05, 0.1) is 39.7 Å². The first kappa shape index (κ1) is 21.0. The maximum atomic E-state index is 12.3. The Labute approximate surface area is 150 Å². The molecule has 1 aromatic rings. The first-order chi connectivity index (χ1) is 11.8. The molecule has 0 atom stereocenters. The predicted octanol–water partition coefficient (Wildman–Crippen LogP) is 2.23. The number of likely N-dealkylation sites (N-methyl/N-ethyl adjacent to an activating group) is 1. The van der Waals surface area contributed by atoms with E-state index in [2.05, 4.69) is 12.2 Å². The zero-order valence-corrected chi connectivity index (χ0v) is 15.8. The van der Waals surface area contributed by atoms with Crippen LogP contribution in [-0.4, -0.2) is 63.8 Å². The van der Waals surface area contributed by atoms with E-state index in [4.69, 9.17) is 9.47 Å². The molecule has 1 N–H and O–H groups in total. The molecule has 0 aliphatic heterocycles. The van der Waals surface area contributed by atoms with E-state index in [0.29, 0.717) is 24.5 Å². The number of carbonyl (C=O) groups excluding carboxylic acids is 2. The summed E-state index contributed by atoms with van der Waals surface area (Å²) in [6.45, 7) is 4.04. The van der Waals surface area contributed by atoms with Gasteiger partial charge in [0.1, 0.15) is 18.9 Å². The van der Waals surface area contributed by atoms with Gasteiger partial charge in [-0.25, -0.2) is 0 Å². The van der Waals surface area contributed by atoms with Gasteiger partial charge >= 0.3 is 5.97 Å². The molecular weight excluding hydrogens is 320 g/mol. The summed E-state index contributed by atoms with van der Waals surface area (Å²) in [7, 11) is 6.11. The van der Waals surface area contributed by atoms with Crippen molar-refractivity contribution in [2.45, 2.75) is 26.2 Å². The van der Waals surface area contributed by atoms with Crippen LogP contribution >= 0.6 is 0 Å². The van der Waals surface area contributed by atoms with Gasteiger partial charge in [0.15, 0.2) is 0 Å². The van der Waals surface area contributed by atoms with Crippen LogP contribution in [-0.2, 0) is 9.53 Å². The fourth-order valence-electron chi connectivity index (χ4n) is 1.99. The van der Waals surface area contributed by atoms with Crippen molar-refractivity contribution < 1.29 is 23.5 Å². The lowest BCUT2D eigenvalue weighted by molar-refractivity contribution is -0.870. The third-order valence-corrected chi connectivity index (χ3v) is 3.53. The lowest BCUT2D eigenvalue weighted by Crippen LogP contribution is -2.38. The maximum Gasteiger partial charge on any atom is 0.307 e. The summed E-state index contributed by atoms with van der Waals surface area (Å²) in [5, 5.41) is 2.74. The van der Waals surface area contributed by atoms with Crippen LogP contribution in [0.4, 0.5) is 0 Å². The summed E-state index contributed by atoms with van der Waals surface area (Å²) in [5.41, 5.74) is 0.483. The molecule has 0 heterocycles. The van der Waals surface area contributed by atoms with Gasteiger partial charge in [-0.2, -0.15) is 0 Å². The molecule has 1 amide bonds. The molecule has 0 saturated heterocycles. The van der Waals surface area contributed by atoms with E-state index < -0.39 is 0 Å². The number of benzene rings is 1. The normalized spacial score (nSPS) is 11.0. The number of hydrogen-bond donors (Lipinski definition) is 1. The molecule has 6 nitrogen and oxygen atoms in total. The largest absolute Gasteiger partial charge is 0.493 e. The van der Waals surface area contributed by atoms with Gasteiger partial charge in [-0.1, -0.05) is 25.5 Å². The van der Waals surface area contributed by atoms with E-state index in [0.717, 1.165) is 23.9 Å². The van der Waals surface area contributed by atoms with Gasteiger partial charge in [0, 0.05) is 6.54 Å². The van der Waals surface area contributed by atoms with E-state index in [-0.39, 0.29) is 24.8 Å². The minimum atomic E-state index is -0.304. The molecule has 25 heavy (non-hydrogen) atoms. The summed E-state index contributed by atoms with van der Waals surface area (Å²) < 4.78 is 11.6. The molecule has 0 spiro atoms. The molecule has 6 heteroatoms. The third-order valence-electron chi connectivity index (χ3n) is 3.53. The van der Waals surface area contributed by atoms with Crippen LogP contribution in [0.25, 0.3) is 0 Å². The highest BCUT2D eigenvalue weighted by Gasteiger charge is 2.13. The highest BCUT2D eigenvalue weighted by molar-refractivity contribution is 5.97. The average molecular weight is 351 g/mol. The van der Waals surface area contributed by atoms with Gasteiger partial charge in [-0.3, -0.25) is 9.59 Å². The van der Waals surface area contributed by atoms with Crippen molar-refractivity contribution in [1.29, 1.82) is 0 Å². The van der Waals surface area contributed by atoms with Crippen LogP contribution in [0.2, 0.25) is 0 Å². The van der Waals surface area contributed by atoms with Crippen LogP contribution in [0, 0.1) is 0 Å². The van der Waals surface area contributed by atoms with Crippen molar-refractivity contribution in [2.24, 2.45) is 0 Å². The number of para-hydroxylation sites is 1. The average Bonchev–Trinajstić information content (AvgIpc) is 2.54. The Bertz CT molecular complexity index is 553. The molecule has 0 aliphatic carbocycles. The summed E-state index contributed by atoms with van der Waals surface area (Å²) in [6.07, 6.45) is 2.13. The van der Waals surface area contributed by atoms with Crippen molar-refractivity contribution >= 4 is 11.9 Å². The quantitative estimate of drug-likeness (QED) is 0.377. The number of unbranched alkanes of at least 4 members (excludes halogenated alkanes) is 1. The van der Waals surface area contributed by atoms with E-state index in [1.165, 1.54) is 0 Å². The summed E-state index contributed by atoms with van der Waals surface area (Å²) >= 11 is 0. The van der Waals surface area contributed by atoms with E-state index in [1.54, 1.807) is 18.2 Å². The van der Waals surface area contributed by atoms with E-state index in [1.807, 2.05) is 27.2 Å². The minimum Gasteiger partial charge on any atom is -0.493 e. The van der Waals surface area contributed by atoms with Crippen LogP contribution in [0.15, 0.2) is 24.3 Å². The zero-order chi connectivity index (χ0) is 18.7. The molecule has 0 radical (unpaired) electrons. The first-order valence-corrected chi connectivity index (χ1v) is 8.79. The molecular formula is C19H31N2O4+. The zero-order valence-electron chi connectivity index (χ0n) is 15.8. The topological polar surface area (TPSA) is 64.6 Å². The number of carbonyl (C=O) groups is 2. The van der Waals surface area contributed by atoms with Gasteiger partial charge < -0.3 is 19.3 Å². The van der Waals surface area contributed by atoms with Gasteiger partial charge in [-0.05, 0) is 18.6 Å². The molecule has 0 bridgehead atoms. The molecule has 0 aliphatic rings. The Morgan fingerprint density at radius 1 is 1.12 bits per heavy atom. The molecule has 0 saturated carbocycles. The number of ether oxygens (including phenoxy) is 2. The third kappa shape index (κ3) is 9.10. The van der Waals surface area contributed by atoms with Crippen LogP contribution < -0.4 is 10.1 Å². The van der Waals surface area contributed by atoms with E-state index >= 15 is 0 Å². The van der Waals surface area contributed by atoms with Crippen molar-refractivity contribution in [3.8, 4) is 5.75 Å². The highest BCUT2D eigenvalue weighted by Crippen LogP contribution is 2.18. The van der Waals surface area contributed by atoms with Crippen LogP contribution in [0.5, 0.6) is 5.75 Å². The van der Waals surface area contributed by atoms with Crippen LogP contribution in [0.1, 0.15) is 36.5 Å². The summed E-state index contributed by atoms with van der Waals surface area (Å²) in [4.78, 5) is 24.0. The molecule has 0 fully saturated rings. The lowest BCUT2D eigenvalue weighted by Gasteiger charge is -2.23. The summed E-state index contributed by atoms with van der Waals surface area (Å²) in [5.74, 6) is 0.0199. The number of hydrogen-bond acceptors (Lipinski definition) is 4. The molecule has 0 unspecified atom stereocenters. The van der Waals surface area contributed by atoms with E-state index in [9.17, 15) is 9.59 Å². The first-order valence-electron chi connectivity index (χ1n) is 8.79. The second kappa shape index (κ2) is 10.7. The standard InChI is InChI=1S/C19H30N2O4/c1-5-6-14-24-17-10-8-7-9-16(17)19(23)20-12-11-18(22)25-15-13-21(2,3)4/h7-10H,5-6,11-15H2,1-4H3/p+1. The van der Waals surface area contributed by atoms with Gasteiger partial charge in [0.25, 0.3) is 5.91 Å². The van der Waals surface area contributed by atoms with Crippen molar-refractivity contribution in [3.63, 3.8) is 0 Å². The molecule has 0 aromatic heterocycles. The Hall–Kier alpha value is -2.08.